The predicted molar refractivity (Wildman–Crippen MR) is 115 cm³/mol. The zero-order valence-corrected chi connectivity index (χ0v) is 17.8. The SMILES string of the molecule is COc1cc2c(cc1C=Nc1ccc(Br)cc1C)C(C)=CC(C)(C)N2C. The van der Waals surface area contributed by atoms with Crippen molar-refractivity contribution in [2.45, 2.75) is 33.2 Å². The van der Waals surface area contributed by atoms with E-state index < -0.39 is 0 Å². The number of rotatable bonds is 3. The average molecular weight is 413 g/mol. The summed E-state index contributed by atoms with van der Waals surface area (Å²) in [6.07, 6.45) is 4.20. The minimum absolute atomic E-state index is 0.0216. The Morgan fingerprint density at radius 3 is 2.54 bits per heavy atom. The van der Waals surface area contributed by atoms with Crippen molar-refractivity contribution in [2.24, 2.45) is 4.99 Å². The monoisotopic (exact) mass is 412 g/mol. The van der Waals surface area contributed by atoms with Gasteiger partial charge in [0.15, 0.2) is 0 Å². The summed E-state index contributed by atoms with van der Waals surface area (Å²) in [6.45, 7) is 8.67. The van der Waals surface area contributed by atoms with Crippen LogP contribution < -0.4 is 9.64 Å². The molecule has 3 rings (SSSR count). The Bertz CT molecular complexity index is 913. The molecule has 0 unspecified atom stereocenters. The molecule has 0 bridgehead atoms. The van der Waals surface area contributed by atoms with Gasteiger partial charge in [-0.2, -0.15) is 0 Å². The first-order valence-electron chi connectivity index (χ1n) is 8.69. The smallest absolute Gasteiger partial charge is 0.129 e. The zero-order valence-electron chi connectivity index (χ0n) is 16.2. The molecule has 0 amide bonds. The molecule has 1 heterocycles. The lowest BCUT2D eigenvalue weighted by Gasteiger charge is -2.40. The summed E-state index contributed by atoms with van der Waals surface area (Å²) in [5.41, 5.74) is 6.73. The van der Waals surface area contributed by atoms with Gasteiger partial charge in [-0.3, -0.25) is 4.99 Å². The average Bonchev–Trinajstić information content (AvgIpc) is 2.58. The molecule has 0 radical (unpaired) electrons. The van der Waals surface area contributed by atoms with Crippen LogP contribution in [0.25, 0.3) is 5.57 Å². The number of hydrogen-bond donors (Lipinski definition) is 0. The van der Waals surface area contributed by atoms with E-state index in [4.69, 9.17) is 4.74 Å². The van der Waals surface area contributed by atoms with E-state index in [0.717, 1.165) is 27.0 Å². The molecule has 136 valence electrons. The number of anilines is 1. The summed E-state index contributed by atoms with van der Waals surface area (Å²) in [7, 11) is 3.83. The van der Waals surface area contributed by atoms with Crippen molar-refractivity contribution >= 4 is 39.1 Å². The molecule has 0 aromatic heterocycles. The Balaban J connectivity index is 2.06. The minimum atomic E-state index is -0.0216. The van der Waals surface area contributed by atoms with Crippen LogP contribution in [0.15, 0.2) is 45.9 Å². The molecule has 1 aliphatic heterocycles. The highest BCUT2D eigenvalue weighted by Crippen LogP contribution is 2.41. The molecule has 1 aliphatic rings. The van der Waals surface area contributed by atoms with Gasteiger partial charge in [0.05, 0.1) is 18.3 Å². The van der Waals surface area contributed by atoms with E-state index in [1.807, 2.05) is 18.3 Å². The summed E-state index contributed by atoms with van der Waals surface area (Å²) in [5.74, 6) is 0.833. The lowest BCUT2D eigenvalue weighted by Crippen LogP contribution is -2.42. The Morgan fingerprint density at radius 1 is 1.15 bits per heavy atom. The number of aryl methyl sites for hydroxylation is 1. The van der Waals surface area contributed by atoms with Crippen molar-refractivity contribution in [3.63, 3.8) is 0 Å². The van der Waals surface area contributed by atoms with Crippen LogP contribution in [0.4, 0.5) is 11.4 Å². The molecule has 0 aliphatic carbocycles. The molecule has 3 nitrogen and oxygen atoms in total. The molecule has 0 atom stereocenters. The van der Waals surface area contributed by atoms with Crippen molar-refractivity contribution in [3.8, 4) is 5.75 Å². The zero-order chi connectivity index (χ0) is 19.1. The fraction of sp³-hybridized carbons (Fsp3) is 0.318. The van der Waals surface area contributed by atoms with Gasteiger partial charge in [-0.25, -0.2) is 0 Å². The van der Waals surface area contributed by atoms with E-state index in [0.29, 0.717) is 0 Å². The summed E-state index contributed by atoms with van der Waals surface area (Å²) in [5, 5.41) is 0. The highest BCUT2D eigenvalue weighted by Gasteiger charge is 2.29. The van der Waals surface area contributed by atoms with Gasteiger partial charge in [-0.15, -0.1) is 0 Å². The van der Waals surface area contributed by atoms with Crippen molar-refractivity contribution in [2.75, 3.05) is 19.1 Å². The van der Waals surface area contributed by atoms with E-state index in [2.05, 4.69) is 84.8 Å². The highest BCUT2D eigenvalue weighted by atomic mass is 79.9. The van der Waals surface area contributed by atoms with E-state index in [1.165, 1.54) is 16.8 Å². The number of nitrogens with zero attached hydrogens (tertiary/aromatic N) is 2. The highest BCUT2D eigenvalue weighted by molar-refractivity contribution is 9.10. The number of ether oxygens (including phenoxy) is 1. The van der Waals surface area contributed by atoms with Gasteiger partial charge in [-0.1, -0.05) is 22.0 Å². The van der Waals surface area contributed by atoms with Crippen LogP contribution in [0.2, 0.25) is 0 Å². The van der Waals surface area contributed by atoms with Gasteiger partial charge in [-0.05, 0) is 63.1 Å². The Hall–Kier alpha value is -2.07. The number of methoxy groups -OCH3 is 1. The Morgan fingerprint density at radius 2 is 1.88 bits per heavy atom. The predicted octanol–water partition coefficient (Wildman–Crippen LogP) is 6.15. The molecular formula is C22H25BrN2O. The Labute approximate surface area is 164 Å². The number of likely N-dealkylation sites (N-methyl/N-ethyl adjacent to an activating group) is 1. The van der Waals surface area contributed by atoms with E-state index in [1.54, 1.807) is 7.11 Å². The third kappa shape index (κ3) is 3.43. The normalized spacial score (nSPS) is 15.8. The topological polar surface area (TPSA) is 24.8 Å². The molecular weight excluding hydrogens is 388 g/mol. The van der Waals surface area contributed by atoms with Gasteiger partial charge >= 0.3 is 0 Å². The second-order valence-corrected chi connectivity index (χ2v) is 8.26. The number of hydrogen-bond acceptors (Lipinski definition) is 3. The van der Waals surface area contributed by atoms with Gasteiger partial charge in [0, 0.05) is 40.6 Å². The number of allylic oxidation sites excluding steroid dienone is 1. The minimum Gasteiger partial charge on any atom is -0.496 e. The molecule has 0 saturated heterocycles. The summed E-state index contributed by atoms with van der Waals surface area (Å²) in [6, 6.07) is 10.4. The maximum Gasteiger partial charge on any atom is 0.129 e. The molecule has 4 heteroatoms. The lowest BCUT2D eigenvalue weighted by molar-refractivity contribution is 0.414. The molecule has 0 spiro atoms. The Kier molecular flexibility index (Phi) is 4.98. The van der Waals surface area contributed by atoms with Crippen molar-refractivity contribution in [1.82, 2.24) is 0 Å². The summed E-state index contributed by atoms with van der Waals surface area (Å²) in [4.78, 5) is 6.98. The van der Waals surface area contributed by atoms with Crippen molar-refractivity contribution in [3.05, 3.63) is 57.6 Å². The van der Waals surface area contributed by atoms with Gasteiger partial charge < -0.3 is 9.64 Å². The molecule has 0 N–H and O–H groups in total. The number of fused-ring (bicyclic) bond motifs is 1. The van der Waals surface area contributed by atoms with Crippen molar-refractivity contribution in [1.29, 1.82) is 0 Å². The third-order valence-electron chi connectivity index (χ3n) is 5.07. The van der Waals surface area contributed by atoms with Crippen LogP contribution in [0, 0.1) is 6.92 Å². The quantitative estimate of drug-likeness (QED) is 0.564. The van der Waals surface area contributed by atoms with Crippen LogP contribution in [-0.4, -0.2) is 25.9 Å². The van der Waals surface area contributed by atoms with Crippen LogP contribution in [-0.2, 0) is 0 Å². The first kappa shape index (κ1) is 18.7. The molecule has 0 fully saturated rings. The second kappa shape index (κ2) is 6.92. The van der Waals surface area contributed by atoms with Gasteiger partial charge in [0.1, 0.15) is 5.75 Å². The van der Waals surface area contributed by atoms with Crippen LogP contribution in [0.5, 0.6) is 5.75 Å². The molecule has 2 aromatic rings. The summed E-state index contributed by atoms with van der Waals surface area (Å²) >= 11 is 3.49. The van der Waals surface area contributed by atoms with E-state index in [-0.39, 0.29) is 5.54 Å². The molecule has 0 saturated carbocycles. The molecule has 26 heavy (non-hydrogen) atoms. The fourth-order valence-electron chi connectivity index (χ4n) is 3.37. The van der Waals surface area contributed by atoms with Crippen LogP contribution >= 0.6 is 15.9 Å². The third-order valence-corrected chi connectivity index (χ3v) is 5.56. The number of halogens is 1. The van der Waals surface area contributed by atoms with E-state index in [9.17, 15) is 0 Å². The molecule has 2 aromatic carbocycles. The standard InChI is InChI=1S/C22H25BrN2O/c1-14-9-17(23)7-8-19(14)24-13-16-10-18-15(2)12-22(3,4)25(5)20(18)11-21(16)26-6/h7-13H,1-6H3. The first-order chi connectivity index (χ1) is 12.2. The van der Waals surface area contributed by atoms with Crippen LogP contribution in [0.3, 0.4) is 0 Å². The first-order valence-corrected chi connectivity index (χ1v) is 9.48. The van der Waals surface area contributed by atoms with Crippen molar-refractivity contribution < 1.29 is 4.74 Å². The number of benzene rings is 2. The van der Waals surface area contributed by atoms with Gasteiger partial charge in [0.2, 0.25) is 0 Å². The van der Waals surface area contributed by atoms with Gasteiger partial charge in [0.25, 0.3) is 0 Å². The summed E-state index contributed by atoms with van der Waals surface area (Å²) < 4.78 is 6.72. The maximum absolute atomic E-state index is 5.66. The van der Waals surface area contributed by atoms with E-state index >= 15 is 0 Å². The second-order valence-electron chi connectivity index (χ2n) is 7.34. The largest absolute Gasteiger partial charge is 0.496 e. The van der Waals surface area contributed by atoms with Crippen LogP contribution in [0.1, 0.15) is 37.5 Å². The maximum atomic E-state index is 5.66. The lowest BCUT2D eigenvalue weighted by atomic mass is 9.88. The fourth-order valence-corrected chi connectivity index (χ4v) is 3.85. The number of aliphatic imine (C=N–C) groups is 1.